The minimum atomic E-state index is -0.457. The van der Waals surface area contributed by atoms with Crippen LogP contribution in [0.5, 0.6) is 5.75 Å². The summed E-state index contributed by atoms with van der Waals surface area (Å²) in [4.78, 5) is 26.6. The average Bonchev–Trinajstić information content (AvgIpc) is 3.11. The Hall–Kier alpha value is -2.81. The number of ether oxygens (including phenoxy) is 1. The zero-order chi connectivity index (χ0) is 19.1. The highest BCUT2D eigenvalue weighted by molar-refractivity contribution is 7.16. The van der Waals surface area contributed by atoms with E-state index in [2.05, 4.69) is 20.3 Å². The fraction of sp³-hybridized carbons (Fsp3) is 0.368. The van der Waals surface area contributed by atoms with Gasteiger partial charge in [0.1, 0.15) is 17.4 Å². The van der Waals surface area contributed by atoms with E-state index in [4.69, 9.17) is 4.74 Å². The summed E-state index contributed by atoms with van der Waals surface area (Å²) in [7, 11) is 0. The molecule has 2 fully saturated rings. The van der Waals surface area contributed by atoms with E-state index in [1.54, 1.807) is 11.3 Å². The summed E-state index contributed by atoms with van der Waals surface area (Å²) in [6, 6.07) is 5.99. The van der Waals surface area contributed by atoms with Crippen LogP contribution in [0.2, 0.25) is 0 Å². The van der Waals surface area contributed by atoms with Gasteiger partial charge in [-0.25, -0.2) is 19.3 Å². The lowest BCUT2D eigenvalue weighted by Gasteiger charge is -2.41. The third-order valence-corrected chi connectivity index (χ3v) is 5.99. The van der Waals surface area contributed by atoms with Crippen LogP contribution in [0.4, 0.5) is 10.3 Å². The Labute approximate surface area is 164 Å². The lowest BCUT2D eigenvalue weighted by Crippen LogP contribution is -2.61. The molecular formula is C19H18FN5O2S. The molecule has 9 heteroatoms. The molecule has 0 spiro atoms. The van der Waals surface area contributed by atoms with E-state index < -0.39 is 5.82 Å². The summed E-state index contributed by atoms with van der Waals surface area (Å²) in [5.74, 6) is 0.866. The molecule has 1 aliphatic heterocycles. The van der Waals surface area contributed by atoms with E-state index in [9.17, 15) is 9.18 Å². The van der Waals surface area contributed by atoms with Crippen LogP contribution in [-0.4, -0.2) is 46.1 Å². The molecule has 1 aliphatic carbocycles. The van der Waals surface area contributed by atoms with Crippen LogP contribution >= 0.6 is 11.3 Å². The van der Waals surface area contributed by atoms with Crippen molar-refractivity contribution in [1.82, 2.24) is 20.3 Å². The number of anilines is 1. The number of nitrogens with one attached hydrogen (secondary N) is 1. The van der Waals surface area contributed by atoms with Crippen molar-refractivity contribution in [1.29, 1.82) is 0 Å². The molecule has 28 heavy (non-hydrogen) atoms. The number of halogens is 1. The number of fused-ring (bicyclic) bond motifs is 1. The predicted octanol–water partition coefficient (Wildman–Crippen LogP) is 2.39. The molecule has 2 aliphatic rings. The van der Waals surface area contributed by atoms with Gasteiger partial charge in [0.05, 0.1) is 28.6 Å². The zero-order valence-corrected chi connectivity index (χ0v) is 15.7. The Balaban J connectivity index is 1.08. The number of para-hydroxylation sites is 1. The van der Waals surface area contributed by atoms with Gasteiger partial charge in [0, 0.05) is 19.0 Å². The topological polar surface area (TPSA) is 80.2 Å². The van der Waals surface area contributed by atoms with Crippen molar-refractivity contribution in [2.75, 3.05) is 18.0 Å². The first-order chi connectivity index (χ1) is 13.7. The van der Waals surface area contributed by atoms with Crippen molar-refractivity contribution in [2.24, 2.45) is 5.92 Å². The monoisotopic (exact) mass is 399 g/mol. The highest BCUT2D eigenvalue weighted by atomic mass is 32.1. The maximum Gasteiger partial charge on any atom is 0.225 e. The normalized spacial score (nSPS) is 21.8. The van der Waals surface area contributed by atoms with Gasteiger partial charge in [-0.15, -0.1) is 11.3 Å². The number of amides is 1. The Morgan fingerprint density at radius 2 is 2.00 bits per heavy atom. The number of thiazole rings is 1. The molecule has 1 aromatic carbocycles. The number of carbonyl (C=O) groups excluding carboxylic acids is 1. The van der Waals surface area contributed by atoms with Crippen LogP contribution in [0.15, 0.2) is 36.1 Å². The van der Waals surface area contributed by atoms with Gasteiger partial charge in [0.15, 0.2) is 5.82 Å². The van der Waals surface area contributed by atoms with E-state index in [1.807, 2.05) is 28.6 Å². The molecule has 0 atom stereocenters. The minimum Gasteiger partial charge on any atom is -0.488 e. The summed E-state index contributed by atoms with van der Waals surface area (Å²) >= 11 is 1.59. The molecule has 1 N–H and O–H groups in total. The van der Waals surface area contributed by atoms with Crippen LogP contribution < -0.4 is 15.0 Å². The number of carbonyl (C=O) groups is 1. The van der Waals surface area contributed by atoms with Gasteiger partial charge in [-0.3, -0.25) is 4.79 Å². The Kier molecular flexibility index (Phi) is 4.31. The van der Waals surface area contributed by atoms with Gasteiger partial charge in [-0.1, -0.05) is 6.07 Å². The van der Waals surface area contributed by atoms with Crippen LogP contribution in [0.3, 0.4) is 0 Å². The Morgan fingerprint density at radius 1 is 1.21 bits per heavy atom. The van der Waals surface area contributed by atoms with Crippen molar-refractivity contribution in [3.05, 3.63) is 41.9 Å². The summed E-state index contributed by atoms with van der Waals surface area (Å²) < 4.78 is 20.0. The number of nitrogens with zero attached hydrogens (tertiary/aromatic N) is 4. The smallest absolute Gasteiger partial charge is 0.225 e. The number of hydrogen-bond acceptors (Lipinski definition) is 7. The summed E-state index contributed by atoms with van der Waals surface area (Å²) in [5, 5.41) is 3.06. The molecule has 1 saturated heterocycles. The number of rotatable bonds is 5. The summed E-state index contributed by atoms with van der Waals surface area (Å²) in [6.45, 7) is 1.27. The molecule has 3 heterocycles. The van der Waals surface area contributed by atoms with E-state index in [0.717, 1.165) is 28.4 Å². The standard InChI is InChI=1S/C19H18FN5O2S/c20-12-6-21-19(22-7-12)25-8-13(9-25)24-18(26)11-4-14(5-11)27-15-2-1-3-16-17(15)23-10-28-16/h1-3,6-7,10-11,13-14H,4-5,8-9H2,(H,24,26). The van der Waals surface area contributed by atoms with Gasteiger partial charge in [-0.2, -0.15) is 0 Å². The van der Waals surface area contributed by atoms with E-state index in [1.165, 1.54) is 0 Å². The highest BCUT2D eigenvalue weighted by Gasteiger charge is 2.39. The molecule has 2 aromatic heterocycles. The lowest BCUT2D eigenvalue weighted by molar-refractivity contribution is -0.131. The summed E-state index contributed by atoms with van der Waals surface area (Å²) in [6.07, 6.45) is 3.77. The third-order valence-electron chi connectivity index (χ3n) is 5.20. The molecular weight excluding hydrogens is 381 g/mol. The second kappa shape index (κ2) is 6.97. The van der Waals surface area contributed by atoms with Crippen molar-refractivity contribution >= 4 is 33.4 Å². The zero-order valence-electron chi connectivity index (χ0n) is 14.9. The molecule has 1 amide bonds. The van der Waals surface area contributed by atoms with Gasteiger partial charge in [0.25, 0.3) is 0 Å². The van der Waals surface area contributed by atoms with E-state index >= 15 is 0 Å². The Morgan fingerprint density at radius 3 is 2.79 bits per heavy atom. The molecule has 1 saturated carbocycles. The van der Waals surface area contributed by atoms with Crippen LogP contribution in [-0.2, 0) is 4.79 Å². The average molecular weight is 399 g/mol. The maximum absolute atomic E-state index is 12.9. The van der Waals surface area contributed by atoms with E-state index in [-0.39, 0.29) is 24.0 Å². The SMILES string of the molecule is O=C(NC1CN(c2ncc(F)cn2)C1)C1CC(Oc2cccc3scnc23)C1. The number of aromatic nitrogens is 3. The molecule has 7 nitrogen and oxygen atoms in total. The first-order valence-electron chi connectivity index (χ1n) is 9.17. The van der Waals surface area contributed by atoms with Gasteiger partial charge < -0.3 is 15.0 Å². The second-order valence-corrected chi connectivity index (χ2v) is 8.06. The fourth-order valence-electron chi connectivity index (χ4n) is 3.53. The highest BCUT2D eigenvalue weighted by Crippen LogP contribution is 2.35. The molecule has 0 unspecified atom stereocenters. The first-order valence-corrected chi connectivity index (χ1v) is 10.1. The van der Waals surface area contributed by atoms with Crippen LogP contribution in [0, 0.1) is 11.7 Å². The molecule has 0 radical (unpaired) electrons. The molecule has 3 aromatic rings. The number of benzene rings is 1. The maximum atomic E-state index is 12.9. The van der Waals surface area contributed by atoms with Crippen molar-refractivity contribution in [3.63, 3.8) is 0 Å². The van der Waals surface area contributed by atoms with Crippen molar-refractivity contribution in [2.45, 2.75) is 25.0 Å². The largest absolute Gasteiger partial charge is 0.488 e. The lowest BCUT2D eigenvalue weighted by atomic mass is 9.81. The summed E-state index contributed by atoms with van der Waals surface area (Å²) in [5.41, 5.74) is 2.70. The van der Waals surface area contributed by atoms with E-state index in [0.29, 0.717) is 31.9 Å². The molecule has 144 valence electrons. The quantitative estimate of drug-likeness (QED) is 0.710. The van der Waals surface area contributed by atoms with Crippen molar-refractivity contribution < 1.29 is 13.9 Å². The fourth-order valence-corrected chi connectivity index (χ4v) is 4.23. The van der Waals surface area contributed by atoms with Gasteiger partial charge in [0.2, 0.25) is 11.9 Å². The predicted molar refractivity (Wildman–Crippen MR) is 103 cm³/mol. The van der Waals surface area contributed by atoms with Crippen LogP contribution in [0.1, 0.15) is 12.8 Å². The van der Waals surface area contributed by atoms with Gasteiger partial charge >= 0.3 is 0 Å². The first kappa shape index (κ1) is 17.3. The number of hydrogen-bond donors (Lipinski definition) is 1. The molecule has 5 rings (SSSR count). The van der Waals surface area contributed by atoms with Crippen LogP contribution in [0.25, 0.3) is 10.2 Å². The third kappa shape index (κ3) is 3.26. The Bertz CT molecular complexity index is 999. The van der Waals surface area contributed by atoms with Gasteiger partial charge in [-0.05, 0) is 25.0 Å². The second-order valence-electron chi connectivity index (χ2n) is 7.18. The van der Waals surface area contributed by atoms with Crippen molar-refractivity contribution in [3.8, 4) is 5.75 Å². The molecule has 0 bridgehead atoms. The minimum absolute atomic E-state index is 0.0178.